The number of nitriles is 1. The summed E-state index contributed by atoms with van der Waals surface area (Å²) >= 11 is 0. The van der Waals surface area contributed by atoms with Gasteiger partial charge in [-0.2, -0.15) is 5.26 Å². The molecule has 202 valence electrons. The molecule has 2 aromatic heterocycles. The highest BCUT2D eigenvalue weighted by atomic mass is 19.1. The van der Waals surface area contributed by atoms with Gasteiger partial charge >= 0.3 is 0 Å². The number of pyridine rings is 1. The van der Waals surface area contributed by atoms with Crippen molar-refractivity contribution in [1.29, 1.82) is 5.26 Å². The van der Waals surface area contributed by atoms with Gasteiger partial charge < -0.3 is 19.9 Å². The molecule has 4 rings (SSSR count). The Bertz CT molecular complexity index is 1500. The molecule has 39 heavy (non-hydrogen) atoms. The van der Waals surface area contributed by atoms with Gasteiger partial charge in [0.2, 0.25) is 17.3 Å². The average Bonchev–Trinajstić information content (AvgIpc) is 2.89. The molecular formula is C26H25F2N7O4. The number of aromatic nitrogens is 3. The van der Waals surface area contributed by atoms with Gasteiger partial charge in [-0.15, -0.1) is 0 Å². The number of H-pyrrole nitrogens is 1. The number of benzene rings is 1. The molecule has 0 spiro atoms. The molecule has 1 aliphatic rings. The third-order valence-electron chi connectivity index (χ3n) is 6.37. The summed E-state index contributed by atoms with van der Waals surface area (Å²) in [5.74, 6) is -2.49. The van der Waals surface area contributed by atoms with E-state index in [0.29, 0.717) is 25.7 Å². The molecule has 3 aromatic rings. The van der Waals surface area contributed by atoms with Gasteiger partial charge in [0.15, 0.2) is 17.4 Å². The second-order valence-corrected chi connectivity index (χ2v) is 9.56. The van der Waals surface area contributed by atoms with Gasteiger partial charge in [0.05, 0.1) is 35.1 Å². The van der Waals surface area contributed by atoms with E-state index < -0.39 is 28.8 Å². The molecule has 11 nitrogen and oxygen atoms in total. The van der Waals surface area contributed by atoms with Crippen LogP contribution in [0.3, 0.4) is 0 Å². The second-order valence-electron chi connectivity index (χ2n) is 9.56. The normalized spacial score (nSPS) is 15.7. The zero-order valence-corrected chi connectivity index (χ0v) is 21.4. The van der Waals surface area contributed by atoms with Gasteiger partial charge in [-0.1, -0.05) is 0 Å². The van der Waals surface area contributed by atoms with Crippen LogP contribution in [0.2, 0.25) is 0 Å². The van der Waals surface area contributed by atoms with Crippen molar-refractivity contribution in [3.05, 3.63) is 76.0 Å². The van der Waals surface area contributed by atoms with Gasteiger partial charge in [0, 0.05) is 38.0 Å². The van der Waals surface area contributed by atoms with E-state index in [4.69, 9.17) is 4.74 Å². The van der Waals surface area contributed by atoms with Crippen molar-refractivity contribution in [1.82, 2.24) is 24.8 Å². The third kappa shape index (κ3) is 6.07. The lowest BCUT2D eigenvalue weighted by Crippen LogP contribution is -2.63. The number of nitrogens with one attached hydrogen (secondary N) is 2. The van der Waals surface area contributed by atoms with Crippen LogP contribution in [-0.2, 0) is 4.79 Å². The van der Waals surface area contributed by atoms with Gasteiger partial charge in [0.25, 0.3) is 5.91 Å². The standard InChI is InChI=1S/C26H25F2N7O4/c1-15(24(37)33-21-12-32-23(13-30-21)39-20-5-4-17(27)9-19(20)28)34-6-7-35(26(2,3)14-34)25(38)18-11-31-22(36)8-16(18)10-29/h4-5,8-9,11-13,15H,6-7,14H2,1-3H3,(H,31,36)(H,30,33,37)/t15-/m0/s1. The summed E-state index contributed by atoms with van der Waals surface area (Å²) in [5.41, 5.74) is -1.06. The van der Waals surface area contributed by atoms with Gasteiger partial charge in [-0.3, -0.25) is 19.3 Å². The number of nitrogens with zero attached hydrogens (tertiary/aromatic N) is 5. The van der Waals surface area contributed by atoms with Crippen molar-refractivity contribution in [3.63, 3.8) is 0 Å². The number of hydrogen-bond donors (Lipinski definition) is 2. The maximum atomic E-state index is 13.8. The predicted molar refractivity (Wildman–Crippen MR) is 135 cm³/mol. The summed E-state index contributed by atoms with van der Waals surface area (Å²) in [6, 6.07) is 5.25. The van der Waals surface area contributed by atoms with Crippen molar-refractivity contribution in [2.24, 2.45) is 0 Å². The minimum Gasteiger partial charge on any atom is -0.434 e. The smallest absolute Gasteiger partial charge is 0.257 e. The van der Waals surface area contributed by atoms with E-state index in [9.17, 15) is 28.4 Å². The number of amides is 2. The lowest BCUT2D eigenvalue weighted by Gasteiger charge is -2.48. The Morgan fingerprint density at radius 1 is 1.21 bits per heavy atom. The molecule has 2 amide bonds. The number of carbonyl (C=O) groups excluding carboxylic acids is 2. The number of halogens is 2. The molecule has 1 fully saturated rings. The number of hydrogen-bond acceptors (Lipinski definition) is 8. The molecule has 1 aromatic carbocycles. The van der Waals surface area contributed by atoms with Crippen LogP contribution in [0.4, 0.5) is 14.6 Å². The number of ether oxygens (including phenoxy) is 1. The van der Waals surface area contributed by atoms with Crippen molar-refractivity contribution >= 4 is 17.6 Å². The summed E-state index contributed by atoms with van der Waals surface area (Å²) < 4.78 is 32.1. The molecule has 1 saturated heterocycles. The van der Waals surface area contributed by atoms with Crippen LogP contribution in [0, 0.1) is 23.0 Å². The highest BCUT2D eigenvalue weighted by Crippen LogP contribution is 2.26. The molecule has 2 N–H and O–H groups in total. The van der Waals surface area contributed by atoms with Gasteiger partial charge in [-0.05, 0) is 32.9 Å². The first kappa shape index (κ1) is 27.3. The van der Waals surface area contributed by atoms with E-state index >= 15 is 0 Å². The SMILES string of the molecule is C[C@@H](C(=O)Nc1cnc(Oc2ccc(F)cc2F)cn1)N1CCN(C(=O)c2c[nH]c(=O)cc2C#N)C(C)(C)C1. The van der Waals surface area contributed by atoms with Crippen molar-refractivity contribution in [3.8, 4) is 17.7 Å². The van der Waals surface area contributed by atoms with Crippen LogP contribution in [0.5, 0.6) is 11.6 Å². The molecule has 13 heteroatoms. The maximum Gasteiger partial charge on any atom is 0.257 e. The average molecular weight is 538 g/mol. The van der Waals surface area contributed by atoms with E-state index in [1.807, 2.05) is 24.8 Å². The van der Waals surface area contributed by atoms with Crippen LogP contribution in [-0.4, -0.2) is 67.8 Å². The Morgan fingerprint density at radius 3 is 2.62 bits per heavy atom. The monoisotopic (exact) mass is 537 g/mol. The summed E-state index contributed by atoms with van der Waals surface area (Å²) in [7, 11) is 0. The molecular weight excluding hydrogens is 512 g/mol. The first-order chi connectivity index (χ1) is 18.5. The summed E-state index contributed by atoms with van der Waals surface area (Å²) in [6.45, 7) is 6.47. The first-order valence-electron chi connectivity index (χ1n) is 11.9. The topological polar surface area (TPSA) is 144 Å². The van der Waals surface area contributed by atoms with Crippen LogP contribution < -0.4 is 15.6 Å². The van der Waals surface area contributed by atoms with Crippen LogP contribution in [0.15, 0.2) is 47.7 Å². The van der Waals surface area contributed by atoms with Gasteiger partial charge in [-0.25, -0.2) is 18.7 Å². The lowest BCUT2D eigenvalue weighted by atomic mass is 9.95. The zero-order valence-electron chi connectivity index (χ0n) is 21.4. The number of rotatable bonds is 6. The molecule has 0 bridgehead atoms. The Labute approximate surface area is 222 Å². The fourth-order valence-electron chi connectivity index (χ4n) is 4.29. The first-order valence-corrected chi connectivity index (χ1v) is 11.9. The maximum absolute atomic E-state index is 13.8. The summed E-state index contributed by atoms with van der Waals surface area (Å²) in [5, 5.41) is 12.0. The van der Waals surface area contributed by atoms with Gasteiger partial charge in [0.1, 0.15) is 11.9 Å². The largest absolute Gasteiger partial charge is 0.434 e. The molecule has 1 aliphatic heterocycles. The van der Waals surface area contributed by atoms with Crippen LogP contribution >= 0.6 is 0 Å². The second kappa shape index (κ2) is 11.0. The Hall–Kier alpha value is -4.70. The summed E-state index contributed by atoms with van der Waals surface area (Å²) in [4.78, 5) is 51.8. The number of carbonyl (C=O) groups is 2. The van der Waals surface area contributed by atoms with Crippen molar-refractivity contribution in [2.45, 2.75) is 32.4 Å². The number of aromatic amines is 1. The zero-order chi connectivity index (χ0) is 28.3. The quantitative estimate of drug-likeness (QED) is 0.488. The predicted octanol–water partition coefficient (Wildman–Crippen LogP) is 2.67. The Morgan fingerprint density at radius 2 is 1.97 bits per heavy atom. The molecule has 3 heterocycles. The third-order valence-corrected chi connectivity index (χ3v) is 6.37. The fourth-order valence-corrected chi connectivity index (χ4v) is 4.29. The van der Waals surface area contributed by atoms with Crippen molar-refractivity contribution in [2.75, 3.05) is 25.0 Å². The molecule has 0 unspecified atom stereocenters. The fraction of sp³-hybridized carbons (Fsp3) is 0.308. The van der Waals surface area contributed by atoms with E-state index in [1.54, 1.807) is 11.8 Å². The lowest BCUT2D eigenvalue weighted by molar-refractivity contribution is -0.122. The van der Waals surface area contributed by atoms with E-state index in [-0.39, 0.29) is 40.4 Å². The Kier molecular flexibility index (Phi) is 7.68. The molecule has 1 atom stereocenters. The minimum atomic E-state index is -0.892. The number of piperazine rings is 1. The Balaban J connectivity index is 1.38. The highest BCUT2D eigenvalue weighted by Gasteiger charge is 2.40. The van der Waals surface area contributed by atoms with Crippen LogP contribution in [0.1, 0.15) is 36.7 Å². The number of anilines is 1. The van der Waals surface area contributed by atoms with Crippen LogP contribution in [0.25, 0.3) is 0 Å². The van der Waals surface area contributed by atoms with E-state index in [1.165, 1.54) is 18.6 Å². The molecule has 0 radical (unpaired) electrons. The van der Waals surface area contributed by atoms with E-state index in [0.717, 1.165) is 18.2 Å². The molecule has 0 aliphatic carbocycles. The minimum absolute atomic E-state index is 0.00458. The summed E-state index contributed by atoms with van der Waals surface area (Å²) in [6.07, 6.45) is 3.69. The van der Waals surface area contributed by atoms with Crippen molar-refractivity contribution < 1.29 is 23.1 Å². The van der Waals surface area contributed by atoms with E-state index in [2.05, 4.69) is 20.3 Å². The molecule has 0 saturated carbocycles. The highest BCUT2D eigenvalue weighted by molar-refractivity contribution is 5.97.